The van der Waals surface area contributed by atoms with Gasteiger partial charge in [0.1, 0.15) is 11.9 Å². The summed E-state index contributed by atoms with van der Waals surface area (Å²) in [4.78, 5) is 0. The summed E-state index contributed by atoms with van der Waals surface area (Å²) in [5.41, 5.74) is 1.85. The molecule has 2 heterocycles. The summed E-state index contributed by atoms with van der Waals surface area (Å²) < 4.78 is 8.78. The van der Waals surface area contributed by atoms with E-state index in [1.165, 1.54) is 0 Å². The van der Waals surface area contributed by atoms with E-state index in [4.69, 9.17) is 4.74 Å². The number of benzene rings is 1. The first-order valence-electron chi connectivity index (χ1n) is 6.34. The van der Waals surface area contributed by atoms with E-state index in [-0.39, 0.29) is 6.10 Å². The Bertz CT molecular complexity index is 597. The molecule has 1 aliphatic rings. The lowest BCUT2D eigenvalue weighted by Gasteiger charge is -2.29. The van der Waals surface area contributed by atoms with Crippen LogP contribution >= 0.6 is 15.9 Å². The van der Waals surface area contributed by atoms with Crippen molar-refractivity contribution in [2.45, 2.75) is 32.1 Å². The van der Waals surface area contributed by atoms with Crippen molar-refractivity contribution in [3.63, 3.8) is 0 Å². The Labute approximate surface area is 120 Å². The number of rotatable bonds is 2. The molecular formula is C14H15BrN2O2. The second-order valence-corrected chi connectivity index (χ2v) is 5.59. The molecule has 0 saturated carbocycles. The average molecular weight is 323 g/mol. The van der Waals surface area contributed by atoms with Crippen LogP contribution in [-0.4, -0.2) is 14.9 Å². The molecular weight excluding hydrogens is 308 g/mol. The van der Waals surface area contributed by atoms with Crippen molar-refractivity contribution in [2.75, 3.05) is 0 Å². The van der Waals surface area contributed by atoms with Gasteiger partial charge in [-0.25, -0.2) is 0 Å². The molecule has 19 heavy (non-hydrogen) atoms. The van der Waals surface area contributed by atoms with E-state index in [1.807, 2.05) is 42.2 Å². The second kappa shape index (κ2) is 4.98. The number of aliphatic hydroxyl groups excluding tert-OH is 1. The summed E-state index contributed by atoms with van der Waals surface area (Å²) in [7, 11) is 0. The van der Waals surface area contributed by atoms with Gasteiger partial charge in [0.05, 0.1) is 12.3 Å². The molecule has 0 saturated heterocycles. The highest BCUT2D eigenvalue weighted by atomic mass is 79.9. The van der Waals surface area contributed by atoms with Crippen LogP contribution in [0.4, 0.5) is 0 Å². The Morgan fingerprint density at radius 2 is 2.37 bits per heavy atom. The van der Waals surface area contributed by atoms with Gasteiger partial charge in [0.15, 0.2) is 0 Å². The minimum absolute atomic E-state index is 0.135. The van der Waals surface area contributed by atoms with Crippen LogP contribution in [0, 0.1) is 0 Å². The summed E-state index contributed by atoms with van der Waals surface area (Å²) in [5.74, 6) is 0.746. The molecule has 4 nitrogen and oxygen atoms in total. The van der Waals surface area contributed by atoms with Gasteiger partial charge in [-0.1, -0.05) is 15.9 Å². The number of aliphatic hydroxyl groups is 1. The summed E-state index contributed by atoms with van der Waals surface area (Å²) in [6, 6.07) is 5.72. The summed E-state index contributed by atoms with van der Waals surface area (Å²) >= 11 is 3.41. The van der Waals surface area contributed by atoms with E-state index in [0.29, 0.717) is 6.42 Å². The van der Waals surface area contributed by atoms with Gasteiger partial charge in [0.2, 0.25) is 0 Å². The lowest BCUT2D eigenvalue weighted by molar-refractivity contribution is 0.0656. The number of hydrogen-bond acceptors (Lipinski definition) is 3. The van der Waals surface area contributed by atoms with E-state index >= 15 is 0 Å². The van der Waals surface area contributed by atoms with Gasteiger partial charge < -0.3 is 9.84 Å². The molecule has 0 fully saturated rings. The first kappa shape index (κ1) is 12.7. The first-order valence-corrected chi connectivity index (χ1v) is 7.13. The molecule has 100 valence electrons. The molecule has 0 aliphatic carbocycles. The van der Waals surface area contributed by atoms with Crippen LogP contribution in [0.2, 0.25) is 0 Å². The number of aromatic nitrogens is 2. The lowest BCUT2D eigenvalue weighted by Crippen LogP contribution is -2.18. The fourth-order valence-electron chi connectivity index (χ4n) is 2.34. The number of aryl methyl sites for hydroxylation is 1. The quantitative estimate of drug-likeness (QED) is 0.923. The smallest absolute Gasteiger partial charge is 0.130 e. The number of fused-ring (bicyclic) bond motifs is 1. The van der Waals surface area contributed by atoms with Crippen molar-refractivity contribution in [1.29, 1.82) is 0 Å². The second-order valence-electron chi connectivity index (χ2n) is 4.67. The molecule has 3 rings (SSSR count). The van der Waals surface area contributed by atoms with Gasteiger partial charge in [-0.05, 0) is 25.1 Å². The first-order chi connectivity index (χ1) is 9.17. The zero-order valence-electron chi connectivity index (χ0n) is 10.6. The number of hydrogen-bond donors (Lipinski definition) is 1. The molecule has 1 aromatic heterocycles. The molecule has 1 N–H and O–H groups in total. The van der Waals surface area contributed by atoms with E-state index in [2.05, 4.69) is 21.0 Å². The van der Waals surface area contributed by atoms with Crippen LogP contribution in [0.1, 0.15) is 36.7 Å². The molecule has 1 aliphatic heterocycles. The zero-order chi connectivity index (χ0) is 13.4. The van der Waals surface area contributed by atoms with Crippen molar-refractivity contribution in [3.05, 3.63) is 46.2 Å². The van der Waals surface area contributed by atoms with Crippen LogP contribution in [-0.2, 0) is 6.54 Å². The largest absolute Gasteiger partial charge is 0.485 e. The maximum atomic E-state index is 10.3. The van der Waals surface area contributed by atoms with Crippen LogP contribution in [0.3, 0.4) is 0 Å². The van der Waals surface area contributed by atoms with Crippen molar-refractivity contribution in [1.82, 2.24) is 9.78 Å². The molecule has 0 amide bonds. The Balaban J connectivity index is 1.90. The van der Waals surface area contributed by atoms with Gasteiger partial charge in [-0.3, -0.25) is 4.68 Å². The average Bonchev–Trinajstić information content (AvgIpc) is 2.88. The SMILES string of the molecule is CCn1cc(C2C[C@@H](O)c3cc(Br)ccc3O2)cn1. The van der Waals surface area contributed by atoms with Gasteiger partial charge in [0.25, 0.3) is 0 Å². The van der Waals surface area contributed by atoms with Gasteiger partial charge in [-0.2, -0.15) is 5.10 Å². The number of ether oxygens (including phenoxy) is 1. The fraction of sp³-hybridized carbons (Fsp3) is 0.357. The Morgan fingerprint density at radius 1 is 1.53 bits per heavy atom. The maximum Gasteiger partial charge on any atom is 0.130 e. The summed E-state index contributed by atoms with van der Waals surface area (Å²) in [5, 5.41) is 14.5. The van der Waals surface area contributed by atoms with E-state index in [0.717, 1.165) is 27.9 Å². The third kappa shape index (κ3) is 2.40. The number of nitrogens with zero attached hydrogens (tertiary/aromatic N) is 2. The molecule has 1 unspecified atom stereocenters. The maximum absolute atomic E-state index is 10.3. The third-order valence-corrected chi connectivity index (χ3v) is 3.88. The number of halogens is 1. The molecule has 0 spiro atoms. The van der Waals surface area contributed by atoms with Crippen molar-refractivity contribution in [3.8, 4) is 5.75 Å². The van der Waals surface area contributed by atoms with Crippen molar-refractivity contribution >= 4 is 15.9 Å². The molecule has 0 radical (unpaired) electrons. The Kier molecular flexibility index (Phi) is 3.33. The minimum Gasteiger partial charge on any atom is -0.485 e. The highest BCUT2D eigenvalue weighted by Crippen LogP contribution is 2.41. The predicted molar refractivity (Wildman–Crippen MR) is 75.0 cm³/mol. The van der Waals surface area contributed by atoms with Gasteiger partial charge in [0, 0.05) is 34.8 Å². The van der Waals surface area contributed by atoms with Crippen LogP contribution in [0.5, 0.6) is 5.75 Å². The Morgan fingerprint density at radius 3 is 3.11 bits per heavy atom. The van der Waals surface area contributed by atoms with E-state index < -0.39 is 6.10 Å². The molecule has 5 heteroatoms. The third-order valence-electron chi connectivity index (χ3n) is 3.39. The van der Waals surface area contributed by atoms with Gasteiger partial charge in [-0.15, -0.1) is 0 Å². The highest BCUT2D eigenvalue weighted by Gasteiger charge is 2.28. The van der Waals surface area contributed by atoms with Crippen molar-refractivity contribution < 1.29 is 9.84 Å². The molecule has 2 aromatic rings. The molecule has 2 atom stereocenters. The highest BCUT2D eigenvalue weighted by molar-refractivity contribution is 9.10. The molecule has 0 bridgehead atoms. The summed E-state index contributed by atoms with van der Waals surface area (Å²) in [6.45, 7) is 2.87. The van der Waals surface area contributed by atoms with Gasteiger partial charge >= 0.3 is 0 Å². The fourth-order valence-corrected chi connectivity index (χ4v) is 2.72. The van der Waals surface area contributed by atoms with Crippen LogP contribution in [0.15, 0.2) is 35.1 Å². The topological polar surface area (TPSA) is 47.3 Å². The summed E-state index contributed by atoms with van der Waals surface area (Å²) in [6.07, 6.45) is 3.70. The van der Waals surface area contributed by atoms with Crippen LogP contribution in [0.25, 0.3) is 0 Å². The Hall–Kier alpha value is -1.33. The zero-order valence-corrected chi connectivity index (χ0v) is 12.2. The van der Waals surface area contributed by atoms with Crippen molar-refractivity contribution in [2.24, 2.45) is 0 Å². The van der Waals surface area contributed by atoms with E-state index in [9.17, 15) is 5.11 Å². The normalized spacial score (nSPS) is 21.8. The minimum atomic E-state index is -0.503. The van der Waals surface area contributed by atoms with E-state index in [1.54, 1.807) is 0 Å². The van der Waals surface area contributed by atoms with Crippen LogP contribution < -0.4 is 4.74 Å². The monoisotopic (exact) mass is 322 g/mol. The molecule has 1 aromatic carbocycles. The standard InChI is InChI=1S/C14H15BrN2O2/c1-2-17-8-9(7-16-17)14-6-12(18)11-5-10(15)3-4-13(11)19-14/h3-5,7-8,12,14,18H,2,6H2,1H3/t12-,14?/m1/s1. The predicted octanol–water partition coefficient (Wildman–Crippen LogP) is 3.22. The lowest BCUT2D eigenvalue weighted by atomic mass is 9.96.